The van der Waals surface area contributed by atoms with E-state index in [9.17, 15) is 14.4 Å². The van der Waals surface area contributed by atoms with E-state index in [4.69, 9.17) is 14.2 Å². The Hall–Kier alpha value is -4.53. The Morgan fingerprint density at radius 2 is 1.78 bits per heavy atom. The molecular formula is C27H25N3O6. The van der Waals surface area contributed by atoms with Gasteiger partial charge in [-0.3, -0.25) is 14.4 Å². The van der Waals surface area contributed by atoms with Crippen LogP contribution in [0.4, 0.5) is 17.1 Å². The Morgan fingerprint density at radius 3 is 2.58 bits per heavy atom. The number of fused-ring (bicyclic) bond motifs is 1. The summed E-state index contributed by atoms with van der Waals surface area (Å²) in [5.41, 5.74) is 1.92. The van der Waals surface area contributed by atoms with E-state index in [1.807, 2.05) is 6.92 Å². The summed E-state index contributed by atoms with van der Waals surface area (Å²) in [5, 5.41) is 5.66. The first-order valence-corrected chi connectivity index (χ1v) is 11.7. The van der Waals surface area contributed by atoms with Crippen LogP contribution >= 0.6 is 0 Å². The second-order valence-electron chi connectivity index (χ2n) is 8.39. The highest BCUT2D eigenvalue weighted by atomic mass is 16.7. The molecule has 0 saturated carbocycles. The van der Waals surface area contributed by atoms with Gasteiger partial charge in [-0.05, 0) is 55.5 Å². The lowest BCUT2D eigenvalue weighted by Gasteiger charge is -2.17. The standard InChI is InChI=1S/C27H25N3O6/c1-2-34-20-10-8-19(9-11-20)30-15-17(13-25(30)31)26(32)29-22-6-4-3-5-21(22)27(33)28-18-7-12-23-24(14-18)36-16-35-23/h3-12,14,17H,2,13,15-16H2,1H3,(H,28,33)(H,29,32). The molecule has 9 nitrogen and oxygen atoms in total. The molecule has 2 aliphatic rings. The van der Waals surface area contributed by atoms with Gasteiger partial charge >= 0.3 is 0 Å². The molecule has 2 N–H and O–H groups in total. The quantitative estimate of drug-likeness (QED) is 0.521. The number of ether oxygens (including phenoxy) is 3. The molecule has 1 saturated heterocycles. The molecule has 2 aliphatic heterocycles. The SMILES string of the molecule is CCOc1ccc(N2CC(C(=O)Nc3ccccc3C(=O)Nc3ccc4c(c3)OCO4)CC2=O)cc1. The third kappa shape index (κ3) is 4.81. The molecule has 1 fully saturated rings. The summed E-state index contributed by atoms with van der Waals surface area (Å²) in [4.78, 5) is 40.3. The fourth-order valence-corrected chi connectivity index (χ4v) is 4.22. The molecule has 1 atom stereocenters. The highest BCUT2D eigenvalue weighted by Crippen LogP contribution is 2.34. The zero-order valence-corrected chi connectivity index (χ0v) is 19.7. The van der Waals surface area contributed by atoms with Crippen LogP contribution in [0.1, 0.15) is 23.7 Å². The molecule has 0 radical (unpaired) electrons. The number of hydrogen-bond acceptors (Lipinski definition) is 6. The van der Waals surface area contributed by atoms with E-state index in [0.717, 1.165) is 5.75 Å². The highest BCUT2D eigenvalue weighted by Gasteiger charge is 2.35. The molecule has 36 heavy (non-hydrogen) atoms. The molecule has 3 aromatic carbocycles. The Balaban J connectivity index is 1.25. The molecular weight excluding hydrogens is 462 g/mol. The number of nitrogens with one attached hydrogen (secondary N) is 2. The van der Waals surface area contributed by atoms with Crippen LogP contribution in [-0.2, 0) is 9.59 Å². The van der Waals surface area contributed by atoms with Crippen molar-refractivity contribution in [1.82, 2.24) is 0 Å². The minimum absolute atomic E-state index is 0.0879. The van der Waals surface area contributed by atoms with E-state index >= 15 is 0 Å². The van der Waals surface area contributed by atoms with Crippen molar-refractivity contribution in [2.75, 3.05) is 35.5 Å². The van der Waals surface area contributed by atoms with Crippen LogP contribution in [0, 0.1) is 5.92 Å². The van der Waals surface area contributed by atoms with E-state index < -0.39 is 5.92 Å². The van der Waals surface area contributed by atoms with Crippen molar-refractivity contribution in [1.29, 1.82) is 0 Å². The Bertz CT molecular complexity index is 1310. The Kier molecular flexibility index (Phi) is 6.44. The largest absolute Gasteiger partial charge is 0.494 e. The van der Waals surface area contributed by atoms with Gasteiger partial charge in [0.25, 0.3) is 5.91 Å². The molecule has 5 rings (SSSR count). The maximum Gasteiger partial charge on any atom is 0.257 e. The molecule has 0 bridgehead atoms. The summed E-state index contributed by atoms with van der Waals surface area (Å²) in [5.74, 6) is 0.506. The number of nitrogens with zero attached hydrogens (tertiary/aromatic N) is 1. The minimum atomic E-state index is -0.547. The summed E-state index contributed by atoms with van der Waals surface area (Å²) in [7, 11) is 0. The number of benzene rings is 3. The third-order valence-electron chi connectivity index (χ3n) is 6.02. The van der Waals surface area contributed by atoms with E-state index in [1.165, 1.54) is 0 Å². The van der Waals surface area contributed by atoms with E-state index in [2.05, 4.69) is 10.6 Å². The number of para-hydroxylation sites is 1. The van der Waals surface area contributed by atoms with Gasteiger partial charge in [-0.25, -0.2) is 0 Å². The molecule has 1 unspecified atom stereocenters. The van der Waals surface area contributed by atoms with Crippen molar-refractivity contribution < 1.29 is 28.6 Å². The van der Waals surface area contributed by atoms with Gasteiger partial charge in [0.2, 0.25) is 18.6 Å². The average molecular weight is 488 g/mol. The van der Waals surface area contributed by atoms with Crippen LogP contribution in [-0.4, -0.2) is 37.7 Å². The number of rotatable bonds is 7. The van der Waals surface area contributed by atoms with Gasteiger partial charge in [0.1, 0.15) is 5.75 Å². The molecule has 2 heterocycles. The van der Waals surface area contributed by atoms with Crippen LogP contribution < -0.4 is 29.7 Å². The first-order valence-electron chi connectivity index (χ1n) is 11.7. The van der Waals surface area contributed by atoms with Crippen molar-refractivity contribution >= 4 is 34.8 Å². The monoisotopic (exact) mass is 487 g/mol. The fraction of sp³-hybridized carbons (Fsp3) is 0.222. The minimum Gasteiger partial charge on any atom is -0.494 e. The third-order valence-corrected chi connectivity index (χ3v) is 6.02. The summed E-state index contributed by atoms with van der Waals surface area (Å²) in [6.07, 6.45) is 0.0879. The molecule has 184 valence electrons. The lowest BCUT2D eigenvalue weighted by molar-refractivity contribution is -0.122. The lowest BCUT2D eigenvalue weighted by Crippen LogP contribution is -2.28. The maximum absolute atomic E-state index is 13.1. The molecule has 9 heteroatoms. The zero-order valence-electron chi connectivity index (χ0n) is 19.7. The topological polar surface area (TPSA) is 106 Å². The number of anilines is 3. The summed E-state index contributed by atoms with van der Waals surface area (Å²) in [6.45, 7) is 2.85. The molecule has 3 amide bonds. The average Bonchev–Trinajstić information content (AvgIpc) is 3.51. The lowest BCUT2D eigenvalue weighted by atomic mass is 10.1. The Morgan fingerprint density at radius 1 is 1.00 bits per heavy atom. The second-order valence-corrected chi connectivity index (χ2v) is 8.39. The van der Waals surface area contributed by atoms with Gasteiger partial charge in [-0.15, -0.1) is 0 Å². The smallest absolute Gasteiger partial charge is 0.257 e. The fourth-order valence-electron chi connectivity index (χ4n) is 4.22. The van der Waals surface area contributed by atoms with Crippen LogP contribution in [0.2, 0.25) is 0 Å². The zero-order chi connectivity index (χ0) is 25.1. The highest BCUT2D eigenvalue weighted by molar-refractivity contribution is 6.11. The number of amides is 3. The second kappa shape index (κ2) is 9.99. The van der Waals surface area contributed by atoms with Gasteiger partial charge in [-0.2, -0.15) is 0 Å². The molecule has 0 aliphatic carbocycles. The maximum atomic E-state index is 13.1. The number of carbonyl (C=O) groups is 3. The van der Waals surface area contributed by atoms with Crippen molar-refractivity contribution in [2.24, 2.45) is 5.92 Å². The molecule has 0 spiro atoms. The van der Waals surface area contributed by atoms with Gasteiger partial charge < -0.3 is 29.7 Å². The summed E-state index contributed by atoms with van der Waals surface area (Å²) >= 11 is 0. The van der Waals surface area contributed by atoms with Crippen molar-refractivity contribution in [3.8, 4) is 17.2 Å². The van der Waals surface area contributed by atoms with Crippen LogP contribution in [0.15, 0.2) is 66.7 Å². The van der Waals surface area contributed by atoms with Crippen molar-refractivity contribution in [2.45, 2.75) is 13.3 Å². The van der Waals surface area contributed by atoms with Gasteiger partial charge in [0.05, 0.1) is 23.8 Å². The Labute approximate surface area is 208 Å². The van der Waals surface area contributed by atoms with Gasteiger partial charge in [0, 0.05) is 30.4 Å². The molecule has 3 aromatic rings. The van der Waals surface area contributed by atoms with Crippen molar-refractivity contribution in [3.63, 3.8) is 0 Å². The van der Waals surface area contributed by atoms with Crippen LogP contribution in [0.25, 0.3) is 0 Å². The van der Waals surface area contributed by atoms with E-state index in [1.54, 1.807) is 71.6 Å². The van der Waals surface area contributed by atoms with Crippen LogP contribution in [0.3, 0.4) is 0 Å². The van der Waals surface area contributed by atoms with E-state index in [-0.39, 0.29) is 37.5 Å². The first-order chi connectivity index (χ1) is 17.5. The van der Waals surface area contributed by atoms with E-state index in [0.29, 0.717) is 40.7 Å². The number of carbonyl (C=O) groups excluding carboxylic acids is 3. The number of hydrogen-bond donors (Lipinski definition) is 2. The normalized spacial score (nSPS) is 16.1. The first kappa shape index (κ1) is 23.2. The summed E-state index contributed by atoms with van der Waals surface area (Å²) in [6, 6.07) is 19.1. The summed E-state index contributed by atoms with van der Waals surface area (Å²) < 4.78 is 16.1. The predicted molar refractivity (Wildman–Crippen MR) is 134 cm³/mol. The van der Waals surface area contributed by atoms with Gasteiger partial charge in [0.15, 0.2) is 11.5 Å². The predicted octanol–water partition coefficient (Wildman–Crippen LogP) is 4.06. The van der Waals surface area contributed by atoms with Crippen LogP contribution in [0.5, 0.6) is 17.2 Å². The van der Waals surface area contributed by atoms with Gasteiger partial charge in [-0.1, -0.05) is 12.1 Å². The van der Waals surface area contributed by atoms with Crippen molar-refractivity contribution in [3.05, 3.63) is 72.3 Å². The molecule has 0 aromatic heterocycles.